The van der Waals surface area contributed by atoms with E-state index in [1.807, 2.05) is 54.6 Å². The van der Waals surface area contributed by atoms with Gasteiger partial charge in [-0.05, 0) is 23.8 Å². The summed E-state index contributed by atoms with van der Waals surface area (Å²) in [6, 6.07) is 20.4. The number of fused-ring (bicyclic) bond motifs is 1. The Morgan fingerprint density at radius 2 is 1.71 bits per heavy atom. The molecule has 31 heavy (non-hydrogen) atoms. The van der Waals surface area contributed by atoms with Crippen molar-refractivity contribution in [3.05, 3.63) is 90.3 Å². The van der Waals surface area contributed by atoms with Crippen molar-refractivity contribution in [2.45, 2.75) is 15.2 Å². The maximum atomic E-state index is 13.6. The van der Waals surface area contributed by atoms with Gasteiger partial charge in [0.25, 0.3) is 0 Å². The third-order valence-electron chi connectivity index (χ3n) is 4.92. The van der Waals surface area contributed by atoms with Crippen LogP contribution in [0.15, 0.2) is 89.0 Å². The molecule has 1 atom stereocenters. The van der Waals surface area contributed by atoms with Gasteiger partial charge in [0.2, 0.25) is 10.0 Å². The number of hydrogen-bond donors (Lipinski definition) is 1. The number of benzene rings is 2. The lowest BCUT2D eigenvalue weighted by molar-refractivity contribution is 0.0991. The molecular formula is C23H21N3O3S2. The minimum Gasteiger partial charge on any atom is -0.360 e. The van der Waals surface area contributed by atoms with Crippen molar-refractivity contribution in [1.29, 1.82) is 0 Å². The van der Waals surface area contributed by atoms with E-state index in [0.717, 1.165) is 20.8 Å². The second-order valence-electron chi connectivity index (χ2n) is 7.14. The number of sulfonamides is 1. The van der Waals surface area contributed by atoms with Crippen LogP contribution in [0.2, 0.25) is 0 Å². The van der Waals surface area contributed by atoms with Gasteiger partial charge in [0.05, 0.1) is 10.3 Å². The number of aromatic amines is 1. The molecule has 0 bridgehead atoms. The maximum absolute atomic E-state index is 13.6. The first kappa shape index (κ1) is 21.3. The summed E-state index contributed by atoms with van der Waals surface area (Å²) < 4.78 is 25.7. The van der Waals surface area contributed by atoms with Gasteiger partial charge >= 0.3 is 0 Å². The third kappa shape index (κ3) is 4.27. The van der Waals surface area contributed by atoms with Crippen molar-refractivity contribution in [2.75, 3.05) is 14.1 Å². The van der Waals surface area contributed by atoms with Gasteiger partial charge in [-0.2, -0.15) is 0 Å². The molecule has 4 rings (SSSR count). The number of carbonyl (C=O) groups excluding carboxylic acids is 1. The van der Waals surface area contributed by atoms with E-state index < -0.39 is 15.3 Å². The molecule has 6 nitrogen and oxygen atoms in total. The lowest BCUT2D eigenvalue weighted by Crippen LogP contribution is -2.22. The van der Waals surface area contributed by atoms with Gasteiger partial charge in [0.15, 0.2) is 5.78 Å². The number of Topliss-reactive ketones (excluding diaryl/α,β-unsaturated/α-hetero) is 1. The summed E-state index contributed by atoms with van der Waals surface area (Å²) in [5.74, 6) is -0.0413. The Kier molecular flexibility index (Phi) is 5.95. The number of nitrogens with one attached hydrogen (secondary N) is 1. The monoisotopic (exact) mass is 451 g/mol. The first-order valence-electron chi connectivity index (χ1n) is 9.58. The number of ketones is 1. The average Bonchev–Trinajstić information content (AvgIpc) is 3.22. The number of nitrogens with zero attached hydrogens (tertiary/aromatic N) is 2. The zero-order valence-electron chi connectivity index (χ0n) is 17.0. The number of pyridine rings is 1. The molecule has 0 aliphatic heterocycles. The summed E-state index contributed by atoms with van der Waals surface area (Å²) >= 11 is 1.30. The molecule has 0 unspecified atom stereocenters. The molecule has 0 aliphatic rings. The summed E-state index contributed by atoms with van der Waals surface area (Å²) in [6.07, 6.45) is 3.07. The van der Waals surface area contributed by atoms with Crippen LogP contribution in [0.3, 0.4) is 0 Å². The summed E-state index contributed by atoms with van der Waals surface area (Å²) in [5, 5.41) is 0.915. The Morgan fingerprint density at radius 1 is 1.00 bits per heavy atom. The molecule has 4 aromatic rings. The van der Waals surface area contributed by atoms with Gasteiger partial charge < -0.3 is 4.98 Å². The number of para-hydroxylation sites is 1. The van der Waals surface area contributed by atoms with Crippen LogP contribution in [0.25, 0.3) is 10.9 Å². The highest BCUT2D eigenvalue weighted by atomic mass is 32.2. The largest absolute Gasteiger partial charge is 0.360 e. The molecule has 2 aromatic carbocycles. The molecule has 2 aromatic heterocycles. The molecule has 0 amide bonds. The van der Waals surface area contributed by atoms with Crippen LogP contribution in [0.1, 0.15) is 21.2 Å². The normalized spacial score (nSPS) is 12.9. The predicted molar refractivity (Wildman–Crippen MR) is 123 cm³/mol. The Bertz CT molecular complexity index is 1320. The summed E-state index contributed by atoms with van der Waals surface area (Å²) in [6.45, 7) is 0. The minimum atomic E-state index is -3.56. The second-order valence-corrected chi connectivity index (χ2v) is 10.4. The summed E-state index contributed by atoms with van der Waals surface area (Å²) in [5.41, 5.74) is 2.37. The van der Waals surface area contributed by atoms with Crippen LogP contribution in [-0.2, 0) is 10.0 Å². The van der Waals surface area contributed by atoms with E-state index in [-0.39, 0.29) is 10.7 Å². The third-order valence-corrected chi connectivity index (χ3v) is 7.93. The first-order chi connectivity index (χ1) is 14.9. The number of thioether (sulfide) groups is 1. The Morgan fingerprint density at radius 3 is 2.39 bits per heavy atom. The van der Waals surface area contributed by atoms with Gasteiger partial charge in [0.1, 0.15) is 4.90 Å². The van der Waals surface area contributed by atoms with Gasteiger partial charge in [0, 0.05) is 43.0 Å². The van der Waals surface area contributed by atoms with E-state index in [1.165, 1.54) is 38.1 Å². The maximum Gasteiger partial charge on any atom is 0.244 e. The molecule has 0 fully saturated rings. The SMILES string of the molecule is CN(C)S(=O)(=O)c1ccc(S[C@H](C(=O)c2c[nH]c3ccccc23)c2ccccc2)nc1. The fourth-order valence-electron chi connectivity index (χ4n) is 3.24. The van der Waals surface area contributed by atoms with Gasteiger partial charge in [-0.3, -0.25) is 4.79 Å². The van der Waals surface area contributed by atoms with Crippen molar-refractivity contribution >= 4 is 38.5 Å². The number of carbonyl (C=O) groups is 1. The predicted octanol–water partition coefficient (Wildman–Crippen LogP) is 4.53. The van der Waals surface area contributed by atoms with Crippen molar-refractivity contribution in [3.8, 4) is 0 Å². The topological polar surface area (TPSA) is 83.1 Å². The Balaban J connectivity index is 1.69. The zero-order chi connectivity index (χ0) is 22.0. The molecule has 2 heterocycles. The van der Waals surface area contributed by atoms with Crippen molar-refractivity contribution in [1.82, 2.24) is 14.3 Å². The highest BCUT2D eigenvalue weighted by molar-refractivity contribution is 8.00. The molecule has 0 spiro atoms. The lowest BCUT2D eigenvalue weighted by Gasteiger charge is -2.16. The smallest absolute Gasteiger partial charge is 0.244 e. The van der Waals surface area contributed by atoms with Gasteiger partial charge in [-0.15, -0.1) is 0 Å². The minimum absolute atomic E-state index is 0.0413. The molecule has 158 valence electrons. The van der Waals surface area contributed by atoms with Crippen LogP contribution in [0, 0.1) is 0 Å². The number of rotatable bonds is 7. The average molecular weight is 452 g/mol. The Hall–Kier alpha value is -2.94. The fourth-order valence-corrected chi connectivity index (χ4v) is 5.11. The fraction of sp³-hybridized carbons (Fsp3) is 0.130. The molecular weight excluding hydrogens is 430 g/mol. The summed E-state index contributed by atoms with van der Waals surface area (Å²) in [4.78, 5) is 21.2. The van der Waals surface area contributed by atoms with E-state index in [9.17, 15) is 13.2 Å². The highest BCUT2D eigenvalue weighted by Crippen LogP contribution is 2.38. The van der Waals surface area contributed by atoms with Crippen LogP contribution in [0.4, 0.5) is 0 Å². The lowest BCUT2D eigenvalue weighted by atomic mass is 10.0. The molecule has 0 radical (unpaired) electrons. The molecule has 0 saturated carbocycles. The van der Waals surface area contributed by atoms with Gasteiger partial charge in [-0.1, -0.05) is 60.3 Å². The van der Waals surface area contributed by atoms with E-state index in [1.54, 1.807) is 12.3 Å². The number of H-pyrrole nitrogens is 1. The van der Waals surface area contributed by atoms with Gasteiger partial charge in [-0.25, -0.2) is 17.7 Å². The second kappa shape index (κ2) is 8.66. The zero-order valence-corrected chi connectivity index (χ0v) is 18.7. The van der Waals surface area contributed by atoms with Crippen LogP contribution < -0.4 is 0 Å². The van der Waals surface area contributed by atoms with Crippen molar-refractivity contribution < 1.29 is 13.2 Å². The number of hydrogen-bond acceptors (Lipinski definition) is 5. The van der Waals surface area contributed by atoms with E-state index in [0.29, 0.717) is 10.6 Å². The van der Waals surface area contributed by atoms with Crippen molar-refractivity contribution in [2.24, 2.45) is 0 Å². The van der Waals surface area contributed by atoms with Crippen molar-refractivity contribution in [3.63, 3.8) is 0 Å². The molecule has 0 aliphatic carbocycles. The van der Waals surface area contributed by atoms with E-state index >= 15 is 0 Å². The molecule has 0 saturated heterocycles. The van der Waals surface area contributed by atoms with Crippen LogP contribution >= 0.6 is 11.8 Å². The number of aromatic nitrogens is 2. The Labute approximate surface area is 185 Å². The molecule has 1 N–H and O–H groups in total. The summed E-state index contributed by atoms with van der Waals surface area (Å²) in [7, 11) is -0.609. The van der Waals surface area contributed by atoms with Crippen LogP contribution in [0.5, 0.6) is 0 Å². The molecule has 8 heteroatoms. The van der Waals surface area contributed by atoms with Crippen LogP contribution in [-0.4, -0.2) is 42.6 Å². The standard InChI is InChI=1S/C23H21N3O3S2/c1-26(2)31(28,29)17-12-13-21(25-14-17)30-23(16-8-4-3-5-9-16)22(27)19-15-24-20-11-7-6-10-18(19)20/h3-15,23-24H,1-2H3/t23-/m0/s1. The first-order valence-corrected chi connectivity index (χ1v) is 11.9. The van der Waals surface area contributed by atoms with E-state index in [2.05, 4.69) is 9.97 Å². The highest BCUT2D eigenvalue weighted by Gasteiger charge is 2.26. The van der Waals surface area contributed by atoms with E-state index in [4.69, 9.17) is 0 Å². The quantitative estimate of drug-likeness (QED) is 0.330.